The number of methoxy groups -OCH3 is 1. The van der Waals surface area contributed by atoms with E-state index in [1.807, 2.05) is 0 Å². The highest BCUT2D eigenvalue weighted by atomic mass is 16.7. The Bertz CT molecular complexity index is 607. The molecule has 0 aliphatic carbocycles. The van der Waals surface area contributed by atoms with Crippen molar-refractivity contribution in [2.24, 2.45) is 5.16 Å². The van der Waals surface area contributed by atoms with Gasteiger partial charge in [0.1, 0.15) is 19.3 Å². The van der Waals surface area contributed by atoms with Crippen molar-refractivity contribution in [3.05, 3.63) is 35.4 Å². The van der Waals surface area contributed by atoms with Crippen molar-refractivity contribution < 1.29 is 28.7 Å². The van der Waals surface area contributed by atoms with Gasteiger partial charge in [0.05, 0.1) is 7.11 Å². The normalized spacial score (nSPS) is 11.6. The van der Waals surface area contributed by atoms with E-state index in [0.29, 0.717) is 11.1 Å². The Morgan fingerprint density at radius 2 is 1.83 bits per heavy atom. The van der Waals surface area contributed by atoms with Crippen molar-refractivity contribution in [2.75, 3.05) is 14.2 Å². The van der Waals surface area contributed by atoms with E-state index in [4.69, 9.17) is 19.1 Å². The van der Waals surface area contributed by atoms with Crippen LogP contribution < -0.4 is 5.48 Å². The summed E-state index contributed by atoms with van der Waals surface area (Å²) in [6.07, 6.45) is -0.710. The molecule has 1 N–H and O–H groups in total. The molecule has 0 atom stereocenters. The van der Waals surface area contributed by atoms with E-state index in [0.717, 1.165) is 0 Å². The van der Waals surface area contributed by atoms with Crippen LogP contribution in [0, 0.1) is 0 Å². The first-order valence-corrected chi connectivity index (χ1v) is 7.17. The van der Waals surface area contributed by atoms with Crippen molar-refractivity contribution in [1.29, 1.82) is 0 Å². The zero-order chi connectivity index (χ0) is 18.2. The fraction of sp³-hybridized carbons (Fsp3) is 0.438. The average molecular weight is 338 g/mol. The lowest BCUT2D eigenvalue weighted by Crippen LogP contribution is -2.32. The van der Waals surface area contributed by atoms with Gasteiger partial charge in [0.15, 0.2) is 5.71 Å². The third-order valence-corrected chi connectivity index (χ3v) is 2.62. The number of nitrogens with zero attached hydrogens (tertiary/aromatic N) is 1. The van der Waals surface area contributed by atoms with Crippen LogP contribution >= 0.6 is 0 Å². The van der Waals surface area contributed by atoms with Crippen LogP contribution in [-0.2, 0) is 30.6 Å². The standard InChI is InChI=1S/C16H22N2O6/c1-16(2,3)24-15(20)18-23-10-11-8-6-7-9-12(11)13(17-22-5)14(19)21-4/h6-9H,10H2,1-5H3,(H,18,20)/b17-13+. The molecule has 24 heavy (non-hydrogen) atoms. The van der Waals surface area contributed by atoms with Crippen molar-refractivity contribution in [2.45, 2.75) is 33.0 Å². The number of rotatable bonds is 6. The van der Waals surface area contributed by atoms with Gasteiger partial charge in [-0.1, -0.05) is 29.4 Å². The molecule has 8 heteroatoms. The predicted molar refractivity (Wildman–Crippen MR) is 86.2 cm³/mol. The zero-order valence-electron chi connectivity index (χ0n) is 14.4. The summed E-state index contributed by atoms with van der Waals surface area (Å²) in [5.41, 5.74) is 2.62. The second-order valence-corrected chi connectivity index (χ2v) is 5.66. The Hall–Kier alpha value is -2.61. The van der Waals surface area contributed by atoms with Gasteiger partial charge in [0.25, 0.3) is 0 Å². The molecule has 0 aromatic heterocycles. The number of carbonyl (C=O) groups is 2. The summed E-state index contributed by atoms with van der Waals surface area (Å²) in [7, 11) is 2.57. The lowest BCUT2D eigenvalue weighted by atomic mass is 10.0. The number of esters is 1. The van der Waals surface area contributed by atoms with Crippen LogP contribution in [0.25, 0.3) is 0 Å². The lowest BCUT2D eigenvalue weighted by molar-refractivity contribution is -0.132. The van der Waals surface area contributed by atoms with Gasteiger partial charge in [0, 0.05) is 5.56 Å². The fourth-order valence-corrected chi connectivity index (χ4v) is 1.73. The predicted octanol–water partition coefficient (Wildman–Crippen LogP) is 2.17. The molecule has 1 aromatic carbocycles. The average Bonchev–Trinajstić information content (AvgIpc) is 2.51. The van der Waals surface area contributed by atoms with Crippen molar-refractivity contribution in [1.82, 2.24) is 5.48 Å². The molecule has 0 fully saturated rings. The summed E-state index contributed by atoms with van der Waals surface area (Å²) >= 11 is 0. The first kappa shape index (κ1) is 19.4. The summed E-state index contributed by atoms with van der Waals surface area (Å²) < 4.78 is 9.75. The first-order chi connectivity index (χ1) is 11.3. The quantitative estimate of drug-likeness (QED) is 0.485. The molecule has 1 amide bonds. The summed E-state index contributed by atoms with van der Waals surface area (Å²) in [5.74, 6) is -0.649. The van der Waals surface area contributed by atoms with Crippen LogP contribution in [-0.4, -0.2) is 37.6 Å². The molecule has 0 spiro atoms. The van der Waals surface area contributed by atoms with E-state index < -0.39 is 17.7 Å². The van der Waals surface area contributed by atoms with Crippen molar-refractivity contribution in [3.8, 4) is 0 Å². The smallest absolute Gasteiger partial charge is 0.431 e. The van der Waals surface area contributed by atoms with Gasteiger partial charge < -0.3 is 14.3 Å². The largest absolute Gasteiger partial charge is 0.464 e. The van der Waals surface area contributed by atoms with Crippen LogP contribution in [0.15, 0.2) is 29.4 Å². The molecule has 132 valence electrons. The van der Waals surface area contributed by atoms with Crippen LogP contribution in [0.3, 0.4) is 0 Å². The van der Waals surface area contributed by atoms with Gasteiger partial charge in [-0.15, -0.1) is 0 Å². The number of benzene rings is 1. The molecule has 1 rings (SSSR count). The molecule has 0 radical (unpaired) electrons. The highest BCUT2D eigenvalue weighted by molar-refractivity contribution is 6.43. The zero-order valence-corrected chi connectivity index (χ0v) is 14.4. The molecule has 0 heterocycles. The third kappa shape index (κ3) is 6.25. The lowest BCUT2D eigenvalue weighted by Gasteiger charge is -2.19. The molecule has 0 saturated carbocycles. The van der Waals surface area contributed by atoms with Gasteiger partial charge in [-0.25, -0.2) is 9.59 Å². The maximum atomic E-state index is 11.8. The Morgan fingerprint density at radius 3 is 2.42 bits per heavy atom. The van der Waals surface area contributed by atoms with Gasteiger partial charge in [0.2, 0.25) is 0 Å². The SMILES string of the molecule is CO/N=C(/C(=O)OC)c1ccccc1CONC(=O)OC(C)(C)C. The molecular formula is C16H22N2O6. The van der Waals surface area contributed by atoms with Gasteiger partial charge >= 0.3 is 12.1 Å². The number of amides is 1. The minimum atomic E-state index is -0.710. The first-order valence-electron chi connectivity index (χ1n) is 7.17. The Labute approximate surface area is 140 Å². The van der Waals surface area contributed by atoms with Crippen LogP contribution in [0.4, 0.5) is 4.79 Å². The molecule has 0 bridgehead atoms. The summed E-state index contributed by atoms with van der Waals surface area (Å²) in [4.78, 5) is 33.2. The highest BCUT2D eigenvalue weighted by Crippen LogP contribution is 2.13. The molecular weight excluding hydrogens is 316 g/mol. The Morgan fingerprint density at radius 1 is 1.17 bits per heavy atom. The second kappa shape index (κ2) is 8.88. The number of nitrogens with one attached hydrogen (secondary N) is 1. The topological polar surface area (TPSA) is 95.5 Å². The minimum Gasteiger partial charge on any atom is -0.464 e. The van der Waals surface area contributed by atoms with Crippen LogP contribution in [0.1, 0.15) is 31.9 Å². The van der Waals surface area contributed by atoms with Crippen molar-refractivity contribution in [3.63, 3.8) is 0 Å². The van der Waals surface area contributed by atoms with Crippen LogP contribution in [0.2, 0.25) is 0 Å². The molecule has 0 aliphatic rings. The number of hydrogen-bond acceptors (Lipinski definition) is 7. The van der Waals surface area contributed by atoms with E-state index in [1.165, 1.54) is 14.2 Å². The Kier molecular flexibility index (Phi) is 7.19. The molecule has 1 aromatic rings. The number of hydroxylamine groups is 1. The second-order valence-electron chi connectivity index (χ2n) is 5.66. The van der Waals surface area contributed by atoms with Gasteiger partial charge in [-0.3, -0.25) is 4.84 Å². The van der Waals surface area contributed by atoms with E-state index in [-0.39, 0.29) is 12.3 Å². The van der Waals surface area contributed by atoms with E-state index in [9.17, 15) is 9.59 Å². The maximum Gasteiger partial charge on any atom is 0.431 e. The molecule has 0 aliphatic heterocycles. The van der Waals surface area contributed by atoms with Gasteiger partial charge in [-0.2, -0.15) is 5.48 Å². The molecule has 8 nitrogen and oxygen atoms in total. The van der Waals surface area contributed by atoms with Crippen molar-refractivity contribution >= 4 is 17.8 Å². The van der Waals surface area contributed by atoms with E-state index in [1.54, 1.807) is 45.0 Å². The Balaban J connectivity index is 2.82. The number of hydrogen-bond donors (Lipinski definition) is 1. The number of oxime groups is 1. The van der Waals surface area contributed by atoms with E-state index >= 15 is 0 Å². The monoisotopic (exact) mass is 338 g/mol. The number of ether oxygens (including phenoxy) is 2. The molecule has 0 unspecified atom stereocenters. The number of carbonyl (C=O) groups excluding carboxylic acids is 2. The van der Waals surface area contributed by atoms with Gasteiger partial charge in [-0.05, 0) is 26.3 Å². The maximum absolute atomic E-state index is 11.8. The molecule has 0 saturated heterocycles. The van der Waals surface area contributed by atoms with E-state index in [2.05, 4.69) is 10.6 Å². The third-order valence-electron chi connectivity index (χ3n) is 2.62. The highest BCUT2D eigenvalue weighted by Gasteiger charge is 2.20. The fourth-order valence-electron chi connectivity index (χ4n) is 1.73. The minimum absolute atomic E-state index is 0.00327. The van der Waals surface area contributed by atoms with Crippen LogP contribution in [0.5, 0.6) is 0 Å². The summed E-state index contributed by atoms with van der Waals surface area (Å²) in [6, 6.07) is 6.88. The summed E-state index contributed by atoms with van der Waals surface area (Å²) in [6.45, 7) is 5.22. The summed E-state index contributed by atoms with van der Waals surface area (Å²) in [5, 5.41) is 3.69.